The molecule has 4 atom stereocenters. The van der Waals surface area contributed by atoms with Crippen LogP contribution in [0.3, 0.4) is 0 Å². The highest BCUT2D eigenvalue weighted by molar-refractivity contribution is 6.74. The van der Waals surface area contributed by atoms with Gasteiger partial charge in [0.2, 0.25) is 11.6 Å². The second-order valence-corrected chi connectivity index (χ2v) is 22.9. The molecule has 7 rings (SSSR count). The lowest BCUT2D eigenvalue weighted by Crippen LogP contribution is -2.68. The second kappa shape index (κ2) is 15.8. The molecule has 1 heterocycles. The number of aromatic nitrogens is 1. The van der Waals surface area contributed by atoms with Gasteiger partial charge in [-0.1, -0.05) is 95.3 Å². The molecule has 0 unspecified atom stereocenters. The van der Waals surface area contributed by atoms with Crippen LogP contribution >= 0.6 is 0 Å². The zero-order valence-corrected chi connectivity index (χ0v) is 36.1. The molecule has 3 aliphatic rings. The number of aliphatic hydroxyl groups excluding tert-OH is 1. The van der Waals surface area contributed by atoms with Crippen molar-refractivity contribution >= 4 is 31.3 Å². The normalized spacial score (nSPS) is 21.8. The van der Waals surface area contributed by atoms with Crippen molar-refractivity contribution in [2.75, 3.05) is 26.0 Å². The fourth-order valence-electron chi connectivity index (χ4n) is 8.47. The Kier molecular flexibility index (Phi) is 11.2. The molecule has 0 spiro atoms. The summed E-state index contributed by atoms with van der Waals surface area (Å²) < 4.78 is 42.4. The lowest BCUT2D eigenvalue weighted by Gasteiger charge is -2.55. The molecule has 1 fully saturated rings. The van der Waals surface area contributed by atoms with Crippen molar-refractivity contribution in [1.82, 2.24) is 10.1 Å². The molecule has 0 bridgehead atoms. The minimum absolute atomic E-state index is 0.0229. The van der Waals surface area contributed by atoms with Gasteiger partial charge < -0.3 is 28.8 Å². The van der Waals surface area contributed by atoms with Gasteiger partial charge in [-0.25, -0.2) is 4.39 Å². The summed E-state index contributed by atoms with van der Waals surface area (Å²) in [5.74, 6) is -2.64. The molecule has 3 aliphatic carbocycles. The number of nitrogens with one attached hydrogen (secondary N) is 1. The van der Waals surface area contributed by atoms with Gasteiger partial charge >= 0.3 is 0 Å². The number of carbonyl (C=O) groups is 2. The molecule has 1 saturated carbocycles. The summed E-state index contributed by atoms with van der Waals surface area (Å²) in [6.45, 7) is 15.2. The largest absolute Gasteiger partial charge is 0.507 e. The Labute approximate surface area is 341 Å². The fourth-order valence-corrected chi connectivity index (χ4v) is 9.92. The van der Waals surface area contributed by atoms with Crippen LogP contribution in [-0.2, 0) is 28.9 Å². The first kappa shape index (κ1) is 41.4. The highest BCUT2D eigenvalue weighted by atomic mass is 28.4. The van der Waals surface area contributed by atoms with Crippen molar-refractivity contribution in [3.63, 3.8) is 0 Å². The van der Waals surface area contributed by atoms with Gasteiger partial charge in [-0.05, 0) is 79.6 Å². The summed E-state index contributed by atoms with van der Waals surface area (Å²) in [5.41, 5.74) is 0.525. The number of rotatable bonds is 13. The van der Waals surface area contributed by atoms with Crippen LogP contribution < -0.4 is 14.8 Å². The standard InChI is InChI=1S/C46H56FN3O7Si/c1-27(2)20-21-48-34-24-33(47)31-22-30-23-32-38(50(6)7)41-37(44(49-56-41)55-26-29-18-14-11-15-19-29)43(53)46(32,57-58(8,9)45(3,4)5)42(52)35(30)39(51)36(31)40(34)54-25-28-16-12-10-13-17-28/h10-19,24,27,30,32,38,48,51H,20-23,25-26H2,1-9H3/t30-,32-,38-,46-/m0/s1. The number of carbonyl (C=O) groups excluding carboxylic acids is 2. The first-order valence-corrected chi connectivity index (χ1v) is 23.2. The molecule has 10 nitrogen and oxygen atoms in total. The summed E-state index contributed by atoms with van der Waals surface area (Å²) in [6.07, 6.45) is 1.15. The molecular formula is C46H56FN3O7Si. The average molecular weight is 810 g/mol. The van der Waals surface area contributed by atoms with E-state index in [0.29, 0.717) is 18.2 Å². The molecular weight excluding hydrogens is 754 g/mol. The summed E-state index contributed by atoms with van der Waals surface area (Å²) in [5, 5.41) is 19.8. The first-order valence-electron chi connectivity index (χ1n) is 20.3. The monoisotopic (exact) mass is 809 g/mol. The summed E-state index contributed by atoms with van der Waals surface area (Å²) >= 11 is 0. The summed E-state index contributed by atoms with van der Waals surface area (Å²) in [4.78, 5) is 33.3. The third-order valence-corrected chi connectivity index (χ3v) is 16.9. The summed E-state index contributed by atoms with van der Waals surface area (Å²) in [6, 6.07) is 19.9. The van der Waals surface area contributed by atoms with E-state index in [4.69, 9.17) is 18.4 Å². The van der Waals surface area contributed by atoms with Crippen LogP contribution in [0.15, 0.2) is 76.8 Å². The number of nitrogens with zero attached hydrogens (tertiary/aromatic N) is 2. The topological polar surface area (TPSA) is 123 Å². The highest BCUT2D eigenvalue weighted by Gasteiger charge is 2.69. The van der Waals surface area contributed by atoms with Gasteiger partial charge in [0.15, 0.2) is 25.4 Å². The summed E-state index contributed by atoms with van der Waals surface area (Å²) in [7, 11) is 0.774. The lowest BCUT2D eigenvalue weighted by atomic mass is 9.57. The maximum atomic E-state index is 16.5. The number of hydrogen-bond acceptors (Lipinski definition) is 10. The molecule has 12 heteroatoms. The lowest BCUT2D eigenvalue weighted by molar-refractivity contribution is -0.140. The van der Waals surface area contributed by atoms with E-state index in [-0.39, 0.29) is 65.7 Å². The quantitative estimate of drug-likeness (QED) is 0.0997. The minimum Gasteiger partial charge on any atom is -0.507 e. The smallest absolute Gasteiger partial charge is 0.265 e. The van der Waals surface area contributed by atoms with Crippen molar-refractivity contribution < 1.29 is 37.5 Å². The predicted molar refractivity (Wildman–Crippen MR) is 224 cm³/mol. The maximum Gasteiger partial charge on any atom is 0.265 e. The Morgan fingerprint density at radius 2 is 1.60 bits per heavy atom. The van der Waals surface area contributed by atoms with Crippen molar-refractivity contribution in [2.24, 2.45) is 17.8 Å². The predicted octanol–water partition coefficient (Wildman–Crippen LogP) is 9.72. The highest BCUT2D eigenvalue weighted by Crippen LogP contribution is 2.59. The number of hydrogen-bond donors (Lipinski definition) is 2. The van der Waals surface area contributed by atoms with Gasteiger partial charge in [-0.2, -0.15) is 0 Å². The van der Waals surface area contributed by atoms with Gasteiger partial charge in [0, 0.05) is 29.7 Å². The third-order valence-electron chi connectivity index (χ3n) is 12.5. The Hall–Kier alpha value is -4.78. The molecule has 0 aliphatic heterocycles. The van der Waals surface area contributed by atoms with E-state index in [1.807, 2.05) is 92.8 Å². The van der Waals surface area contributed by atoms with Crippen LogP contribution in [0.1, 0.15) is 91.9 Å². The number of aliphatic hydroxyl groups is 1. The van der Waals surface area contributed by atoms with E-state index in [9.17, 15) is 5.11 Å². The molecule has 58 heavy (non-hydrogen) atoms. The van der Waals surface area contributed by atoms with E-state index in [0.717, 1.165) is 17.5 Å². The van der Waals surface area contributed by atoms with Crippen molar-refractivity contribution in [3.05, 3.63) is 112 Å². The third kappa shape index (κ3) is 7.28. The number of benzene rings is 3. The minimum atomic E-state index is -2.95. The Morgan fingerprint density at radius 3 is 2.19 bits per heavy atom. The van der Waals surface area contributed by atoms with Gasteiger partial charge in [0.1, 0.15) is 30.4 Å². The maximum absolute atomic E-state index is 16.5. The number of fused-ring (bicyclic) bond motifs is 4. The molecule has 308 valence electrons. The van der Waals surface area contributed by atoms with Gasteiger partial charge in [0.25, 0.3) is 5.88 Å². The van der Waals surface area contributed by atoms with E-state index in [1.54, 1.807) is 0 Å². The number of anilines is 1. The zero-order chi connectivity index (χ0) is 41.7. The van der Waals surface area contributed by atoms with Crippen LogP contribution in [0.5, 0.6) is 11.6 Å². The van der Waals surface area contributed by atoms with Crippen LogP contribution in [-0.4, -0.2) is 61.3 Å². The van der Waals surface area contributed by atoms with Gasteiger partial charge in [-0.3, -0.25) is 14.5 Å². The van der Waals surface area contributed by atoms with Gasteiger partial charge in [-0.15, -0.1) is 0 Å². The number of ether oxygens (including phenoxy) is 2. The van der Waals surface area contributed by atoms with E-state index in [2.05, 4.69) is 45.1 Å². The van der Waals surface area contributed by atoms with E-state index >= 15 is 14.0 Å². The Bertz CT molecular complexity index is 2210. The molecule has 0 amide bonds. The van der Waals surface area contributed by atoms with Crippen molar-refractivity contribution in [2.45, 2.75) is 96.9 Å². The average Bonchev–Trinajstić information content (AvgIpc) is 3.58. The van der Waals surface area contributed by atoms with E-state index < -0.39 is 60.0 Å². The molecule has 4 aromatic rings. The van der Waals surface area contributed by atoms with Crippen molar-refractivity contribution in [3.8, 4) is 11.6 Å². The first-order chi connectivity index (χ1) is 27.5. The zero-order valence-electron chi connectivity index (χ0n) is 35.1. The fraction of sp³-hybridized carbons (Fsp3) is 0.457. The second-order valence-electron chi connectivity index (χ2n) is 18.1. The van der Waals surface area contributed by atoms with Crippen LogP contribution in [0.4, 0.5) is 10.1 Å². The number of halogens is 1. The Morgan fingerprint density at radius 1 is 0.983 bits per heavy atom. The molecule has 0 saturated heterocycles. The number of ketones is 2. The SMILES string of the molecule is CC(C)CCNc1cc(F)c2c(c1OCc1ccccc1)C(O)=C1C(=O)[C@]3(O[Si](C)(C)C(C)(C)C)C(=O)c4c(OCc5ccccc5)noc4[C@@H](N(C)C)[C@@H]3C[C@@H]1C2. The van der Waals surface area contributed by atoms with Crippen molar-refractivity contribution in [1.29, 1.82) is 0 Å². The molecule has 2 N–H and O–H groups in total. The Balaban J connectivity index is 1.41. The van der Waals surface area contributed by atoms with E-state index in [1.165, 1.54) is 6.07 Å². The molecule has 0 radical (unpaired) electrons. The van der Waals surface area contributed by atoms with Crippen LogP contribution in [0.25, 0.3) is 5.76 Å². The van der Waals surface area contributed by atoms with Gasteiger partial charge in [0.05, 0.1) is 17.3 Å². The molecule has 1 aromatic heterocycles. The molecule has 3 aromatic carbocycles. The number of Topliss-reactive ketones (excluding diaryl/α,β-unsaturated/α-hetero) is 2. The van der Waals surface area contributed by atoms with Crippen LogP contribution in [0, 0.1) is 23.6 Å². The van der Waals surface area contributed by atoms with Crippen LogP contribution in [0.2, 0.25) is 18.1 Å².